The van der Waals surface area contributed by atoms with Gasteiger partial charge in [-0.15, -0.1) is 0 Å². The van der Waals surface area contributed by atoms with E-state index in [1.807, 2.05) is 31.2 Å². The van der Waals surface area contributed by atoms with Gasteiger partial charge >= 0.3 is 5.97 Å². The number of hydrogen-bond acceptors (Lipinski definition) is 3. The van der Waals surface area contributed by atoms with Gasteiger partial charge in [0.1, 0.15) is 5.82 Å². The largest absolute Gasteiger partial charge is 0.452 e. The smallest absolute Gasteiger partial charge is 0.339 e. The maximum absolute atomic E-state index is 13.0. The monoisotopic (exact) mass is 407 g/mol. The van der Waals surface area contributed by atoms with Crippen LogP contribution in [0.3, 0.4) is 0 Å². The molecule has 1 N–H and O–H groups in total. The second-order valence-electron chi connectivity index (χ2n) is 5.58. The molecular weight excluding hydrogens is 389 g/mol. The molecule has 6 heteroatoms. The maximum atomic E-state index is 13.0. The summed E-state index contributed by atoms with van der Waals surface area (Å²) in [6, 6.07) is 11.4. The summed E-state index contributed by atoms with van der Waals surface area (Å²) in [6.45, 7) is 3.53. The molecule has 0 saturated heterocycles. The predicted octanol–water partition coefficient (Wildman–Crippen LogP) is 4.18. The molecule has 2 rings (SSSR count). The van der Waals surface area contributed by atoms with Gasteiger partial charge in [-0.2, -0.15) is 0 Å². The van der Waals surface area contributed by atoms with Crippen LogP contribution in [0.4, 0.5) is 4.39 Å². The van der Waals surface area contributed by atoms with Gasteiger partial charge in [0.25, 0.3) is 5.91 Å². The number of benzene rings is 2. The van der Waals surface area contributed by atoms with Gasteiger partial charge < -0.3 is 10.1 Å². The highest BCUT2D eigenvalue weighted by atomic mass is 79.9. The van der Waals surface area contributed by atoms with Gasteiger partial charge in [0.15, 0.2) is 6.61 Å². The normalized spacial score (nSPS) is 11.7. The van der Waals surface area contributed by atoms with Crippen molar-refractivity contribution in [3.8, 4) is 0 Å². The number of ether oxygens (including phenoxy) is 1. The van der Waals surface area contributed by atoms with Crippen LogP contribution in [0.25, 0.3) is 0 Å². The van der Waals surface area contributed by atoms with Crippen LogP contribution < -0.4 is 5.32 Å². The fraction of sp³-hybridized carbons (Fsp3) is 0.263. The Balaban J connectivity index is 1.87. The van der Waals surface area contributed by atoms with E-state index in [2.05, 4.69) is 28.2 Å². The molecule has 0 heterocycles. The molecule has 0 bridgehead atoms. The summed E-state index contributed by atoms with van der Waals surface area (Å²) in [5.74, 6) is -1.57. The first-order chi connectivity index (χ1) is 11.9. The molecule has 132 valence electrons. The summed E-state index contributed by atoms with van der Waals surface area (Å²) in [4.78, 5) is 23.9. The van der Waals surface area contributed by atoms with Crippen LogP contribution in [0.2, 0.25) is 0 Å². The Bertz CT molecular complexity index is 762. The van der Waals surface area contributed by atoms with Crippen LogP contribution in [0.15, 0.2) is 46.9 Å². The van der Waals surface area contributed by atoms with Gasteiger partial charge in [0.2, 0.25) is 0 Å². The van der Waals surface area contributed by atoms with E-state index in [0.29, 0.717) is 0 Å². The third kappa shape index (κ3) is 5.39. The van der Waals surface area contributed by atoms with Crippen LogP contribution in [0.1, 0.15) is 41.4 Å². The van der Waals surface area contributed by atoms with E-state index in [0.717, 1.165) is 18.1 Å². The standard InChI is InChI=1S/C19H19BrFNO3/c1-3-13-4-6-14(7-5-13)12(2)22-18(23)11-25-19(24)16-9-8-15(21)10-17(16)20/h4-10,12H,3,11H2,1-2H3,(H,22,23)/t12-/m0/s1. The van der Waals surface area contributed by atoms with Gasteiger partial charge in [0.05, 0.1) is 11.6 Å². The zero-order chi connectivity index (χ0) is 18.4. The number of carbonyl (C=O) groups excluding carboxylic acids is 2. The van der Waals surface area contributed by atoms with Gasteiger partial charge in [-0.1, -0.05) is 31.2 Å². The lowest BCUT2D eigenvalue weighted by molar-refractivity contribution is -0.124. The van der Waals surface area contributed by atoms with E-state index in [9.17, 15) is 14.0 Å². The lowest BCUT2D eigenvalue weighted by atomic mass is 10.1. The van der Waals surface area contributed by atoms with Crippen LogP contribution in [0.5, 0.6) is 0 Å². The minimum atomic E-state index is -0.693. The summed E-state index contributed by atoms with van der Waals surface area (Å²) >= 11 is 3.10. The summed E-state index contributed by atoms with van der Waals surface area (Å²) < 4.78 is 18.3. The van der Waals surface area contributed by atoms with Crippen molar-refractivity contribution in [1.82, 2.24) is 5.32 Å². The number of rotatable bonds is 6. The molecule has 2 aromatic rings. The van der Waals surface area contributed by atoms with Gasteiger partial charge in [-0.3, -0.25) is 4.79 Å². The Hall–Kier alpha value is -2.21. The molecule has 0 spiro atoms. The van der Waals surface area contributed by atoms with Crippen molar-refractivity contribution in [2.75, 3.05) is 6.61 Å². The van der Waals surface area contributed by atoms with E-state index < -0.39 is 24.3 Å². The molecule has 0 aliphatic rings. The van der Waals surface area contributed by atoms with Crippen molar-refractivity contribution in [3.05, 3.63) is 69.4 Å². The zero-order valence-corrected chi connectivity index (χ0v) is 15.6. The first-order valence-corrected chi connectivity index (χ1v) is 8.70. The molecule has 0 unspecified atom stereocenters. The topological polar surface area (TPSA) is 55.4 Å². The molecule has 2 aromatic carbocycles. The van der Waals surface area contributed by atoms with Crippen molar-refractivity contribution in [1.29, 1.82) is 0 Å². The van der Waals surface area contributed by atoms with E-state index in [1.54, 1.807) is 0 Å². The van der Waals surface area contributed by atoms with E-state index in [4.69, 9.17) is 4.74 Å². The SMILES string of the molecule is CCc1ccc([C@H](C)NC(=O)COC(=O)c2ccc(F)cc2Br)cc1. The molecular formula is C19H19BrFNO3. The molecule has 1 atom stereocenters. The third-order valence-electron chi connectivity index (χ3n) is 3.75. The van der Waals surface area contributed by atoms with E-state index >= 15 is 0 Å². The predicted molar refractivity (Wildman–Crippen MR) is 96.8 cm³/mol. The molecule has 0 aliphatic carbocycles. The first-order valence-electron chi connectivity index (χ1n) is 7.91. The summed E-state index contributed by atoms with van der Waals surface area (Å²) in [7, 11) is 0. The molecule has 0 saturated carbocycles. The first kappa shape index (κ1) is 19.1. The third-order valence-corrected chi connectivity index (χ3v) is 4.41. The van der Waals surface area contributed by atoms with Gasteiger partial charge in [-0.05, 0) is 58.6 Å². The molecule has 0 fully saturated rings. The summed E-state index contributed by atoms with van der Waals surface area (Å²) in [6.07, 6.45) is 0.954. The number of amides is 1. The second-order valence-corrected chi connectivity index (χ2v) is 6.44. The highest BCUT2D eigenvalue weighted by molar-refractivity contribution is 9.10. The highest BCUT2D eigenvalue weighted by Crippen LogP contribution is 2.19. The Morgan fingerprint density at radius 2 is 1.88 bits per heavy atom. The molecule has 25 heavy (non-hydrogen) atoms. The Morgan fingerprint density at radius 1 is 1.20 bits per heavy atom. The number of halogens is 2. The summed E-state index contributed by atoms with van der Waals surface area (Å²) in [5.41, 5.74) is 2.36. The molecule has 4 nitrogen and oxygen atoms in total. The van der Waals surface area contributed by atoms with Gasteiger partial charge in [0, 0.05) is 4.47 Å². The Labute approximate surface area is 154 Å². The van der Waals surface area contributed by atoms with Crippen LogP contribution in [-0.2, 0) is 16.0 Å². The number of aryl methyl sites for hydroxylation is 1. The second kappa shape index (κ2) is 8.76. The number of esters is 1. The number of carbonyl (C=O) groups is 2. The fourth-order valence-corrected chi connectivity index (χ4v) is 2.79. The van der Waals surface area contributed by atoms with Crippen molar-refractivity contribution in [3.63, 3.8) is 0 Å². The van der Waals surface area contributed by atoms with Crippen molar-refractivity contribution in [2.24, 2.45) is 0 Å². The fourth-order valence-electron chi connectivity index (χ4n) is 2.27. The minimum Gasteiger partial charge on any atom is -0.452 e. The highest BCUT2D eigenvalue weighted by Gasteiger charge is 2.15. The molecule has 0 aromatic heterocycles. The van der Waals surface area contributed by atoms with Crippen molar-refractivity contribution < 1.29 is 18.7 Å². The average Bonchev–Trinajstić information content (AvgIpc) is 2.59. The quantitative estimate of drug-likeness (QED) is 0.730. The Kier molecular flexibility index (Phi) is 6.70. The zero-order valence-electron chi connectivity index (χ0n) is 14.0. The van der Waals surface area contributed by atoms with E-state index in [-0.39, 0.29) is 16.1 Å². The van der Waals surface area contributed by atoms with Crippen LogP contribution in [-0.4, -0.2) is 18.5 Å². The number of hydrogen-bond donors (Lipinski definition) is 1. The maximum Gasteiger partial charge on any atom is 0.339 e. The number of nitrogens with one attached hydrogen (secondary N) is 1. The van der Waals surface area contributed by atoms with E-state index in [1.165, 1.54) is 17.7 Å². The van der Waals surface area contributed by atoms with Gasteiger partial charge in [-0.25, -0.2) is 9.18 Å². The van der Waals surface area contributed by atoms with Crippen molar-refractivity contribution >= 4 is 27.8 Å². The Morgan fingerprint density at radius 3 is 2.48 bits per heavy atom. The summed E-state index contributed by atoms with van der Waals surface area (Å²) in [5, 5.41) is 2.78. The van der Waals surface area contributed by atoms with Crippen LogP contribution in [0, 0.1) is 5.82 Å². The molecule has 0 aliphatic heterocycles. The molecule has 1 amide bonds. The van der Waals surface area contributed by atoms with Crippen LogP contribution >= 0.6 is 15.9 Å². The van der Waals surface area contributed by atoms with Crippen molar-refractivity contribution in [2.45, 2.75) is 26.3 Å². The average molecular weight is 408 g/mol. The minimum absolute atomic E-state index is 0.164. The lowest BCUT2D eigenvalue weighted by Crippen LogP contribution is -2.31. The molecule has 0 radical (unpaired) electrons. The lowest BCUT2D eigenvalue weighted by Gasteiger charge is -2.15.